The highest BCUT2D eigenvalue weighted by Gasteiger charge is 2.37. The van der Waals surface area contributed by atoms with Crippen molar-refractivity contribution in [2.75, 3.05) is 0 Å². The van der Waals surface area contributed by atoms with Crippen LogP contribution in [0.25, 0.3) is 0 Å². The molecule has 0 aromatic heterocycles. The van der Waals surface area contributed by atoms with Crippen molar-refractivity contribution in [1.29, 1.82) is 0 Å². The monoisotopic (exact) mass is 324 g/mol. The van der Waals surface area contributed by atoms with E-state index >= 15 is 0 Å². The fraction of sp³-hybridized carbons (Fsp3) is 0.333. The van der Waals surface area contributed by atoms with Gasteiger partial charge < -0.3 is 9.84 Å². The first-order chi connectivity index (χ1) is 10.9. The molecular formula is C18H19F3O2. The van der Waals surface area contributed by atoms with E-state index in [1.165, 1.54) is 0 Å². The zero-order valence-electron chi connectivity index (χ0n) is 12.6. The van der Waals surface area contributed by atoms with Crippen molar-refractivity contribution in [3.8, 4) is 5.75 Å². The Hall–Kier alpha value is -2.01. The van der Waals surface area contributed by atoms with E-state index in [2.05, 4.69) is 0 Å². The lowest BCUT2D eigenvalue weighted by atomic mass is 10.1. The molecule has 0 aliphatic rings. The molecule has 0 heterocycles. The van der Waals surface area contributed by atoms with E-state index in [0.29, 0.717) is 18.8 Å². The molecule has 0 fully saturated rings. The van der Waals surface area contributed by atoms with Gasteiger partial charge in [-0.25, -0.2) is 0 Å². The summed E-state index contributed by atoms with van der Waals surface area (Å²) < 4.78 is 42.2. The minimum Gasteiger partial charge on any atom is -0.489 e. The second-order valence-corrected chi connectivity index (χ2v) is 5.37. The van der Waals surface area contributed by atoms with Gasteiger partial charge in [-0.05, 0) is 42.5 Å². The van der Waals surface area contributed by atoms with Crippen molar-refractivity contribution >= 4 is 0 Å². The van der Waals surface area contributed by atoms with Gasteiger partial charge in [-0.1, -0.05) is 42.5 Å². The Morgan fingerprint density at radius 1 is 0.913 bits per heavy atom. The van der Waals surface area contributed by atoms with Crippen molar-refractivity contribution in [3.63, 3.8) is 0 Å². The lowest BCUT2D eigenvalue weighted by molar-refractivity contribution is -0.205. The number of aliphatic hydroxyl groups is 1. The van der Waals surface area contributed by atoms with Gasteiger partial charge >= 0.3 is 6.18 Å². The predicted molar refractivity (Wildman–Crippen MR) is 82.2 cm³/mol. The Kier molecular flexibility index (Phi) is 6.04. The highest BCUT2D eigenvalue weighted by Crippen LogP contribution is 2.24. The first kappa shape index (κ1) is 17.3. The Labute approximate surface area is 133 Å². The number of alkyl halides is 3. The number of halogens is 3. The molecule has 2 aromatic rings. The van der Waals surface area contributed by atoms with Crippen molar-refractivity contribution in [2.45, 2.75) is 38.1 Å². The maximum absolute atomic E-state index is 12.2. The van der Waals surface area contributed by atoms with Crippen LogP contribution in [0.4, 0.5) is 13.2 Å². The van der Waals surface area contributed by atoms with Gasteiger partial charge in [0, 0.05) is 0 Å². The second-order valence-electron chi connectivity index (χ2n) is 5.37. The molecule has 23 heavy (non-hydrogen) atoms. The van der Waals surface area contributed by atoms with E-state index in [9.17, 15) is 13.2 Å². The topological polar surface area (TPSA) is 29.5 Å². The highest BCUT2D eigenvalue weighted by molar-refractivity contribution is 5.27. The SMILES string of the molecule is OC(CCCc1ccc(OCc2ccccc2)cc1)C(F)(F)F. The van der Waals surface area contributed by atoms with Gasteiger partial charge in [0.05, 0.1) is 0 Å². The maximum Gasteiger partial charge on any atom is 0.414 e. The Morgan fingerprint density at radius 2 is 1.57 bits per heavy atom. The molecular weight excluding hydrogens is 305 g/mol. The summed E-state index contributed by atoms with van der Waals surface area (Å²) in [4.78, 5) is 0. The summed E-state index contributed by atoms with van der Waals surface area (Å²) in [6.45, 7) is 0.470. The first-order valence-electron chi connectivity index (χ1n) is 7.45. The van der Waals surface area contributed by atoms with E-state index in [-0.39, 0.29) is 12.8 Å². The second kappa shape index (κ2) is 8.02. The number of hydrogen-bond acceptors (Lipinski definition) is 2. The Morgan fingerprint density at radius 3 is 2.17 bits per heavy atom. The van der Waals surface area contributed by atoms with Crippen molar-refractivity contribution in [1.82, 2.24) is 0 Å². The van der Waals surface area contributed by atoms with Gasteiger partial charge in [0.15, 0.2) is 0 Å². The van der Waals surface area contributed by atoms with Crippen molar-refractivity contribution < 1.29 is 23.0 Å². The summed E-state index contributed by atoms with van der Waals surface area (Å²) in [7, 11) is 0. The molecule has 5 heteroatoms. The van der Waals surface area contributed by atoms with Gasteiger partial charge in [-0.2, -0.15) is 13.2 Å². The van der Waals surface area contributed by atoms with Crippen LogP contribution in [0.3, 0.4) is 0 Å². The third-order valence-electron chi connectivity index (χ3n) is 3.49. The number of rotatable bonds is 7. The van der Waals surface area contributed by atoms with Crippen LogP contribution in [0.1, 0.15) is 24.0 Å². The maximum atomic E-state index is 12.2. The van der Waals surface area contributed by atoms with E-state index in [4.69, 9.17) is 9.84 Å². The third kappa shape index (κ3) is 5.94. The minimum atomic E-state index is -4.53. The predicted octanol–water partition coefficient (Wildman–Crippen LogP) is 4.51. The fourth-order valence-corrected chi connectivity index (χ4v) is 2.16. The van der Waals surface area contributed by atoms with Crippen LogP contribution in [0.5, 0.6) is 5.75 Å². The number of hydrogen-bond donors (Lipinski definition) is 1. The van der Waals surface area contributed by atoms with Crippen molar-refractivity contribution in [3.05, 3.63) is 65.7 Å². The molecule has 1 atom stereocenters. The zero-order valence-corrected chi connectivity index (χ0v) is 12.6. The summed E-state index contributed by atoms with van der Waals surface area (Å²) in [5.74, 6) is 0.716. The van der Waals surface area contributed by atoms with Crippen LogP contribution < -0.4 is 4.74 Å². The number of aliphatic hydroxyl groups excluding tert-OH is 1. The number of aryl methyl sites for hydroxylation is 1. The molecule has 1 N–H and O–H groups in total. The molecule has 0 spiro atoms. The lowest BCUT2D eigenvalue weighted by Crippen LogP contribution is -2.28. The summed E-state index contributed by atoms with van der Waals surface area (Å²) in [6, 6.07) is 17.0. The normalized spacial score (nSPS) is 12.9. The molecule has 2 rings (SSSR count). The standard InChI is InChI=1S/C18H19F3O2/c19-18(20,21)17(22)8-4-7-14-9-11-16(12-10-14)23-13-15-5-2-1-3-6-15/h1-3,5-6,9-12,17,22H,4,7-8,13H2. The quantitative estimate of drug-likeness (QED) is 0.812. The smallest absolute Gasteiger partial charge is 0.414 e. The van der Waals surface area contributed by atoms with Crippen LogP contribution in [-0.2, 0) is 13.0 Å². The Balaban J connectivity index is 1.76. The molecule has 2 nitrogen and oxygen atoms in total. The Bertz CT molecular complexity index is 579. The van der Waals surface area contributed by atoms with Crippen LogP contribution in [0.15, 0.2) is 54.6 Å². The van der Waals surface area contributed by atoms with E-state index in [1.54, 1.807) is 12.1 Å². The molecule has 0 aliphatic carbocycles. The third-order valence-corrected chi connectivity index (χ3v) is 3.49. The summed E-state index contributed by atoms with van der Waals surface area (Å²) in [6.07, 6.45) is -6.28. The summed E-state index contributed by atoms with van der Waals surface area (Å²) in [5.41, 5.74) is 1.99. The van der Waals surface area contributed by atoms with Crippen LogP contribution >= 0.6 is 0 Å². The van der Waals surface area contributed by atoms with E-state index in [0.717, 1.165) is 11.1 Å². The lowest BCUT2D eigenvalue weighted by Gasteiger charge is -2.14. The molecule has 2 aromatic carbocycles. The van der Waals surface area contributed by atoms with Gasteiger partial charge in [0.1, 0.15) is 18.5 Å². The molecule has 0 bridgehead atoms. The van der Waals surface area contributed by atoms with E-state index in [1.807, 2.05) is 42.5 Å². The number of benzene rings is 2. The molecule has 0 amide bonds. The molecule has 0 saturated heterocycles. The molecule has 1 unspecified atom stereocenters. The molecule has 124 valence electrons. The summed E-state index contributed by atoms with van der Waals surface area (Å²) >= 11 is 0. The van der Waals surface area contributed by atoms with Gasteiger partial charge in [-0.3, -0.25) is 0 Å². The van der Waals surface area contributed by atoms with Crippen LogP contribution in [0.2, 0.25) is 0 Å². The van der Waals surface area contributed by atoms with Crippen molar-refractivity contribution in [2.24, 2.45) is 0 Å². The largest absolute Gasteiger partial charge is 0.489 e. The highest BCUT2D eigenvalue weighted by atomic mass is 19.4. The van der Waals surface area contributed by atoms with Gasteiger partial charge in [0.25, 0.3) is 0 Å². The molecule has 0 saturated carbocycles. The average Bonchev–Trinajstić information content (AvgIpc) is 2.54. The first-order valence-corrected chi connectivity index (χ1v) is 7.45. The fourth-order valence-electron chi connectivity index (χ4n) is 2.16. The minimum absolute atomic E-state index is 0.282. The van der Waals surface area contributed by atoms with Gasteiger partial charge in [0.2, 0.25) is 0 Å². The zero-order chi connectivity index (χ0) is 16.7. The molecule has 0 radical (unpaired) electrons. The van der Waals surface area contributed by atoms with Gasteiger partial charge in [-0.15, -0.1) is 0 Å². The molecule has 0 aliphatic heterocycles. The van der Waals surface area contributed by atoms with Crippen LogP contribution in [-0.4, -0.2) is 17.4 Å². The van der Waals surface area contributed by atoms with Crippen LogP contribution in [0, 0.1) is 0 Å². The van der Waals surface area contributed by atoms with E-state index < -0.39 is 12.3 Å². The summed E-state index contributed by atoms with van der Waals surface area (Å²) in [5, 5.41) is 8.94. The number of ether oxygens (including phenoxy) is 1. The average molecular weight is 324 g/mol.